The van der Waals surface area contributed by atoms with Crippen molar-refractivity contribution < 1.29 is 17.6 Å². The molecule has 1 saturated heterocycles. The van der Waals surface area contributed by atoms with E-state index in [0.29, 0.717) is 6.54 Å². The number of nitrogens with one attached hydrogen (secondary N) is 2. The van der Waals surface area contributed by atoms with E-state index >= 15 is 0 Å². The molecule has 0 bridgehead atoms. The Kier molecular flexibility index (Phi) is 6.49. The summed E-state index contributed by atoms with van der Waals surface area (Å²) in [7, 11) is -3.94. The zero-order valence-corrected chi connectivity index (χ0v) is 16.5. The van der Waals surface area contributed by atoms with Crippen LogP contribution in [0.4, 0.5) is 4.39 Å². The van der Waals surface area contributed by atoms with Gasteiger partial charge in [-0.1, -0.05) is 6.92 Å². The third-order valence-electron chi connectivity index (χ3n) is 5.06. The lowest BCUT2D eigenvalue weighted by atomic mass is 10.0. The summed E-state index contributed by atoms with van der Waals surface area (Å²) in [5, 5.41) is 2.80. The topological polar surface area (TPSA) is 78.5 Å². The summed E-state index contributed by atoms with van der Waals surface area (Å²) in [6, 6.07) is 3.34. The lowest BCUT2D eigenvalue weighted by Gasteiger charge is -2.30. The van der Waals surface area contributed by atoms with E-state index in [1.165, 1.54) is 18.9 Å². The highest BCUT2D eigenvalue weighted by Gasteiger charge is 2.30. The fraction of sp³-hybridized carbons (Fsp3) is 0.632. The Balaban J connectivity index is 1.53. The van der Waals surface area contributed by atoms with Gasteiger partial charge in [-0.05, 0) is 69.3 Å². The number of likely N-dealkylation sites (tertiary alicyclic amines) is 1. The van der Waals surface area contributed by atoms with Crippen LogP contribution in [-0.2, 0) is 10.0 Å². The molecule has 1 saturated carbocycles. The molecule has 3 rings (SSSR count). The second-order valence-electron chi connectivity index (χ2n) is 7.70. The highest BCUT2D eigenvalue weighted by atomic mass is 32.2. The summed E-state index contributed by atoms with van der Waals surface area (Å²) in [5.41, 5.74) is 0.152. The van der Waals surface area contributed by atoms with Gasteiger partial charge in [0.15, 0.2) is 0 Å². The van der Waals surface area contributed by atoms with Crippen LogP contribution in [0.2, 0.25) is 0 Å². The molecule has 2 N–H and O–H groups in total. The molecule has 1 aliphatic heterocycles. The van der Waals surface area contributed by atoms with E-state index in [2.05, 4.69) is 21.9 Å². The zero-order valence-electron chi connectivity index (χ0n) is 15.7. The molecule has 2 fully saturated rings. The molecule has 6 nitrogen and oxygen atoms in total. The molecule has 1 amide bonds. The predicted molar refractivity (Wildman–Crippen MR) is 102 cm³/mol. The van der Waals surface area contributed by atoms with Gasteiger partial charge in [-0.2, -0.15) is 0 Å². The first-order valence-electron chi connectivity index (χ1n) is 9.67. The maximum absolute atomic E-state index is 14.0. The van der Waals surface area contributed by atoms with E-state index in [-0.39, 0.29) is 17.5 Å². The average Bonchev–Trinajstić information content (AvgIpc) is 3.42. The van der Waals surface area contributed by atoms with Crippen LogP contribution < -0.4 is 10.0 Å². The molecule has 1 aliphatic carbocycles. The van der Waals surface area contributed by atoms with Gasteiger partial charge in [-0.15, -0.1) is 0 Å². The van der Waals surface area contributed by atoms with Crippen LogP contribution in [0.15, 0.2) is 23.1 Å². The highest BCUT2D eigenvalue weighted by molar-refractivity contribution is 7.89. The largest absolute Gasteiger partial charge is 0.352 e. The summed E-state index contributed by atoms with van der Waals surface area (Å²) >= 11 is 0. The van der Waals surface area contributed by atoms with Crippen LogP contribution in [0.25, 0.3) is 0 Å². The highest BCUT2D eigenvalue weighted by Crippen LogP contribution is 2.24. The third kappa shape index (κ3) is 5.73. The SMILES string of the molecule is CC1CCCN(CCCNC(=O)c2ccc(F)c(S(=O)(=O)NC3CC3)c2)C1. The Morgan fingerprint density at radius 2 is 2.07 bits per heavy atom. The minimum atomic E-state index is -3.94. The van der Waals surface area contributed by atoms with Crippen LogP contribution in [0.3, 0.4) is 0 Å². The van der Waals surface area contributed by atoms with Crippen molar-refractivity contribution in [1.82, 2.24) is 14.9 Å². The lowest BCUT2D eigenvalue weighted by Crippen LogP contribution is -2.36. The van der Waals surface area contributed by atoms with Gasteiger partial charge in [0.1, 0.15) is 10.7 Å². The molecule has 0 aromatic heterocycles. The van der Waals surface area contributed by atoms with Crippen LogP contribution in [0.5, 0.6) is 0 Å². The Hall–Kier alpha value is -1.51. The Bertz CT molecular complexity index is 780. The number of piperidine rings is 1. The van der Waals surface area contributed by atoms with Crippen molar-refractivity contribution in [3.63, 3.8) is 0 Å². The Morgan fingerprint density at radius 1 is 1.30 bits per heavy atom. The van der Waals surface area contributed by atoms with E-state index in [4.69, 9.17) is 0 Å². The molecule has 8 heteroatoms. The number of halogens is 1. The maximum Gasteiger partial charge on any atom is 0.251 e. The summed E-state index contributed by atoms with van der Waals surface area (Å²) in [6.07, 6.45) is 4.84. The molecule has 0 spiro atoms. The molecular weight excluding hydrogens is 369 g/mol. The summed E-state index contributed by atoms with van der Waals surface area (Å²) in [5.74, 6) is -0.513. The molecule has 1 aromatic rings. The first-order chi connectivity index (χ1) is 12.8. The van der Waals surface area contributed by atoms with Gasteiger partial charge >= 0.3 is 0 Å². The van der Waals surface area contributed by atoms with Gasteiger partial charge in [0.05, 0.1) is 0 Å². The molecule has 0 radical (unpaired) electrons. The Labute approximate surface area is 160 Å². The fourth-order valence-corrected chi connectivity index (χ4v) is 4.84. The number of sulfonamides is 1. The number of nitrogens with zero attached hydrogens (tertiary/aromatic N) is 1. The number of hydrogen-bond donors (Lipinski definition) is 2. The molecule has 1 aromatic carbocycles. The normalized spacial score (nSPS) is 21.2. The Morgan fingerprint density at radius 3 is 2.78 bits per heavy atom. The number of carbonyl (C=O) groups excluding carboxylic acids is 1. The average molecular weight is 398 g/mol. The molecule has 1 unspecified atom stereocenters. The lowest BCUT2D eigenvalue weighted by molar-refractivity contribution is 0.0950. The number of hydrogen-bond acceptors (Lipinski definition) is 4. The van der Waals surface area contributed by atoms with Crippen molar-refractivity contribution in [1.29, 1.82) is 0 Å². The predicted octanol–water partition coefficient (Wildman–Crippen LogP) is 2.12. The van der Waals surface area contributed by atoms with Crippen molar-refractivity contribution in [2.24, 2.45) is 5.92 Å². The van der Waals surface area contributed by atoms with E-state index in [1.54, 1.807) is 0 Å². The van der Waals surface area contributed by atoms with Crippen LogP contribution in [0.1, 0.15) is 49.4 Å². The molecule has 150 valence electrons. The van der Waals surface area contributed by atoms with Gasteiger partial charge in [0.2, 0.25) is 10.0 Å². The fourth-order valence-electron chi connectivity index (χ4n) is 3.43. The first kappa shape index (κ1) is 20.2. The summed E-state index contributed by atoms with van der Waals surface area (Å²) in [4.78, 5) is 14.3. The first-order valence-corrected chi connectivity index (χ1v) is 11.2. The van der Waals surface area contributed by atoms with E-state index in [1.807, 2.05) is 0 Å². The van der Waals surface area contributed by atoms with E-state index in [9.17, 15) is 17.6 Å². The number of benzene rings is 1. The van der Waals surface area contributed by atoms with Gasteiger partial charge in [-0.25, -0.2) is 17.5 Å². The maximum atomic E-state index is 14.0. The van der Waals surface area contributed by atoms with Crippen LogP contribution >= 0.6 is 0 Å². The zero-order chi connectivity index (χ0) is 19.4. The van der Waals surface area contributed by atoms with Crippen LogP contribution in [-0.4, -0.2) is 51.4 Å². The van der Waals surface area contributed by atoms with Crippen LogP contribution in [0, 0.1) is 11.7 Å². The summed E-state index contributed by atoms with van der Waals surface area (Å²) < 4.78 is 40.9. The minimum Gasteiger partial charge on any atom is -0.352 e. The second-order valence-corrected chi connectivity index (χ2v) is 9.38. The standard InChI is InChI=1S/C19H28FN3O3S/c1-14-4-2-10-23(13-14)11-3-9-21-19(24)15-5-8-17(20)18(12-15)27(25,26)22-16-6-7-16/h5,8,12,14,16,22H,2-4,6-7,9-11,13H2,1H3,(H,21,24). The number of amides is 1. The van der Waals surface area contributed by atoms with Crippen molar-refractivity contribution in [2.75, 3.05) is 26.2 Å². The minimum absolute atomic E-state index is 0.121. The molecule has 1 heterocycles. The van der Waals surface area contributed by atoms with Crippen molar-refractivity contribution in [2.45, 2.75) is 50.0 Å². The van der Waals surface area contributed by atoms with Crippen molar-refractivity contribution in [3.8, 4) is 0 Å². The second kappa shape index (κ2) is 8.67. The molecule has 2 aliphatic rings. The molecule has 27 heavy (non-hydrogen) atoms. The monoisotopic (exact) mass is 397 g/mol. The van der Waals surface area contributed by atoms with Crippen molar-refractivity contribution in [3.05, 3.63) is 29.6 Å². The van der Waals surface area contributed by atoms with E-state index < -0.39 is 20.7 Å². The summed E-state index contributed by atoms with van der Waals surface area (Å²) in [6.45, 7) is 5.89. The third-order valence-corrected chi connectivity index (χ3v) is 6.60. The van der Waals surface area contributed by atoms with Gasteiger partial charge in [0, 0.05) is 24.7 Å². The van der Waals surface area contributed by atoms with Gasteiger partial charge in [-0.3, -0.25) is 4.79 Å². The number of carbonyl (C=O) groups is 1. The molecular formula is C19H28FN3O3S. The van der Waals surface area contributed by atoms with E-state index in [0.717, 1.165) is 56.9 Å². The quantitative estimate of drug-likeness (QED) is 0.659. The van der Waals surface area contributed by atoms with Gasteiger partial charge in [0.25, 0.3) is 5.91 Å². The molecule has 1 atom stereocenters. The number of rotatable bonds is 8. The van der Waals surface area contributed by atoms with Gasteiger partial charge < -0.3 is 10.2 Å². The smallest absolute Gasteiger partial charge is 0.251 e. The van der Waals surface area contributed by atoms with Crippen molar-refractivity contribution >= 4 is 15.9 Å².